The van der Waals surface area contributed by atoms with Crippen molar-refractivity contribution in [2.45, 2.75) is 4.90 Å². The fraction of sp³-hybridized carbons (Fsp3) is 0.259. The molecule has 1 aliphatic heterocycles. The van der Waals surface area contributed by atoms with Crippen LogP contribution in [0.2, 0.25) is 0 Å². The van der Waals surface area contributed by atoms with Gasteiger partial charge in [0.15, 0.2) is 5.13 Å². The van der Waals surface area contributed by atoms with Crippen LogP contribution in [0.4, 0.5) is 5.13 Å². The van der Waals surface area contributed by atoms with E-state index in [1.54, 1.807) is 29.2 Å². The van der Waals surface area contributed by atoms with Crippen LogP contribution in [0.3, 0.4) is 0 Å². The lowest BCUT2D eigenvalue weighted by atomic mass is 10.2. The molecule has 4 aromatic rings. The summed E-state index contributed by atoms with van der Waals surface area (Å²) in [6.07, 6.45) is 2.05. The van der Waals surface area contributed by atoms with Crippen molar-refractivity contribution in [1.82, 2.24) is 9.88 Å². The number of hydrogen-bond acceptors (Lipinski definition) is 7. The predicted molar refractivity (Wildman–Crippen MR) is 143 cm³/mol. The Balaban J connectivity index is 1.44. The maximum Gasteiger partial charge on any atom is 0.260 e. The number of benzene rings is 3. The Kier molecular flexibility index (Phi) is 7.63. The summed E-state index contributed by atoms with van der Waals surface area (Å²) >= 11 is 3.23. The van der Waals surface area contributed by atoms with Crippen molar-refractivity contribution in [3.8, 4) is 11.5 Å². The van der Waals surface area contributed by atoms with Gasteiger partial charge in [-0.15, -0.1) is 11.8 Å². The lowest BCUT2D eigenvalue weighted by Gasteiger charge is -2.29. The highest BCUT2D eigenvalue weighted by molar-refractivity contribution is 7.98. The van der Waals surface area contributed by atoms with Gasteiger partial charge in [-0.3, -0.25) is 14.6 Å². The minimum atomic E-state index is -0.0819. The molecule has 35 heavy (non-hydrogen) atoms. The number of amides is 1. The van der Waals surface area contributed by atoms with Gasteiger partial charge in [0.25, 0.3) is 5.91 Å². The van der Waals surface area contributed by atoms with Crippen LogP contribution in [-0.2, 0) is 4.74 Å². The number of thioether (sulfide) groups is 1. The lowest BCUT2D eigenvalue weighted by molar-refractivity contribution is 0.0391. The second-order valence-corrected chi connectivity index (χ2v) is 10.0. The molecule has 180 valence electrons. The van der Waals surface area contributed by atoms with Gasteiger partial charge in [0.2, 0.25) is 0 Å². The van der Waals surface area contributed by atoms with Crippen molar-refractivity contribution >= 4 is 44.4 Å². The van der Waals surface area contributed by atoms with E-state index in [4.69, 9.17) is 14.5 Å². The fourth-order valence-corrected chi connectivity index (χ4v) is 5.66. The van der Waals surface area contributed by atoms with E-state index in [2.05, 4.69) is 17.0 Å². The van der Waals surface area contributed by atoms with Gasteiger partial charge in [-0.1, -0.05) is 41.7 Å². The Bertz CT molecular complexity index is 1290. The molecule has 0 N–H and O–H groups in total. The first kappa shape index (κ1) is 23.8. The number of aromatic nitrogens is 1. The average molecular weight is 506 g/mol. The van der Waals surface area contributed by atoms with Crippen molar-refractivity contribution in [3.05, 3.63) is 78.4 Å². The Labute approximate surface area is 213 Å². The first-order valence-electron chi connectivity index (χ1n) is 11.6. The summed E-state index contributed by atoms with van der Waals surface area (Å²) in [4.78, 5) is 24.0. The molecule has 0 spiro atoms. The first-order chi connectivity index (χ1) is 17.2. The summed E-state index contributed by atoms with van der Waals surface area (Å²) in [5, 5.41) is 0.717. The molecule has 0 bridgehead atoms. The van der Waals surface area contributed by atoms with Gasteiger partial charge in [0.05, 0.1) is 23.4 Å². The van der Waals surface area contributed by atoms with Gasteiger partial charge in [-0.05, 0) is 48.7 Å². The van der Waals surface area contributed by atoms with Gasteiger partial charge in [0, 0.05) is 36.6 Å². The molecule has 1 saturated heterocycles. The number of nitrogens with zero attached hydrogens (tertiary/aromatic N) is 3. The normalized spacial score (nSPS) is 14.2. The monoisotopic (exact) mass is 505 g/mol. The molecule has 1 aliphatic rings. The number of ether oxygens (including phenoxy) is 2. The van der Waals surface area contributed by atoms with E-state index in [0.717, 1.165) is 53.7 Å². The third-order valence-corrected chi connectivity index (χ3v) is 7.68. The Hall–Kier alpha value is -2.91. The SMILES string of the molecule is CSc1cccc2sc(N(CCN3CCOCC3)C(=O)c3cccc(Oc4ccccc4)c3)nc12. The molecule has 0 radical (unpaired) electrons. The Morgan fingerprint density at radius 3 is 2.63 bits per heavy atom. The number of thiazole rings is 1. The van der Waals surface area contributed by atoms with Crippen LogP contribution in [-0.4, -0.2) is 61.4 Å². The molecule has 2 heterocycles. The van der Waals surface area contributed by atoms with Crippen LogP contribution >= 0.6 is 23.1 Å². The number of carbonyl (C=O) groups excluding carboxylic acids is 1. The molecule has 1 amide bonds. The second kappa shape index (κ2) is 11.2. The quantitative estimate of drug-likeness (QED) is 0.283. The Morgan fingerprint density at radius 2 is 1.83 bits per heavy atom. The molecule has 0 atom stereocenters. The molecule has 1 fully saturated rings. The summed E-state index contributed by atoms with van der Waals surface area (Å²) in [6.45, 7) is 4.52. The average Bonchev–Trinajstić information content (AvgIpc) is 3.34. The third kappa shape index (κ3) is 5.67. The van der Waals surface area contributed by atoms with E-state index < -0.39 is 0 Å². The molecule has 6 nitrogen and oxygen atoms in total. The van der Waals surface area contributed by atoms with Crippen molar-refractivity contribution < 1.29 is 14.3 Å². The molecule has 1 aromatic heterocycles. The topological polar surface area (TPSA) is 54.9 Å². The number of anilines is 1. The van der Waals surface area contributed by atoms with Crippen molar-refractivity contribution in [2.75, 3.05) is 50.5 Å². The van der Waals surface area contributed by atoms with Crippen LogP contribution in [0, 0.1) is 0 Å². The maximum atomic E-state index is 13.8. The number of morpholine rings is 1. The zero-order valence-electron chi connectivity index (χ0n) is 19.6. The number of carbonyl (C=O) groups is 1. The number of hydrogen-bond donors (Lipinski definition) is 0. The van der Waals surface area contributed by atoms with E-state index in [9.17, 15) is 4.79 Å². The predicted octanol–water partition coefficient (Wildman–Crippen LogP) is 5.79. The molecule has 3 aromatic carbocycles. The van der Waals surface area contributed by atoms with E-state index >= 15 is 0 Å². The highest BCUT2D eigenvalue weighted by Crippen LogP contribution is 2.35. The number of fused-ring (bicyclic) bond motifs is 1. The van der Waals surface area contributed by atoms with E-state index in [0.29, 0.717) is 23.0 Å². The van der Waals surface area contributed by atoms with Crippen LogP contribution < -0.4 is 9.64 Å². The standard InChI is InChI=1S/C27H27N3O3S2/c1-34-23-11-6-12-24-25(23)28-27(35-24)30(14-13-29-15-17-32-18-16-29)26(31)20-7-5-10-22(19-20)33-21-8-3-2-4-9-21/h2-12,19H,13-18H2,1H3. The summed E-state index contributed by atoms with van der Waals surface area (Å²) < 4.78 is 12.5. The highest BCUT2D eigenvalue weighted by Gasteiger charge is 2.24. The van der Waals surface area contributed by atoms with Gasteiger partial charge >= 0.3 is 0 Å². The van der Waals surface area contributed by atoms with Crippen molar-refractivity contribution in [2.24, 2.45) is 0 Å². The zero-order chi connectivity index (χ0) is 24.0. The molecular weight excluding hydrogens is 478 g/mol. The van der Waals surface area contributed by atoms with E-state index in [1.807, 2.05) is 65.8 Å². The van der Waals surface area contributed by atoms with Crippen LogP contribution in [0.15, 0.2) is 77.7 Å². The van der Waals surface area contributed by atoms with Gasteiger partial charge in [-0.2, -0.15) is 0 Å². The lowest BCUT2D eigenvalue weighted by Crippen LogP contribution is -2.43. The molecular formula is C27H27N3O3S2. The largest absolute Gasteiger partial charge is 0.457 e. The van der Waals surface area contributed by atoms with E-state index in [-0.39, 0.29) is 5.91 Å². The fourth-order valence-electron chi connectivity index (χ4n) is 4.02. The van der Waals surface area contributed by atoms with Gasteiger partial charge in [-0.25, -0.2) is 4.98 Å². The molecule has 0 aliphatic carbocycles. The number of para-hydroxylation sites is 2. The summed E-state index contributed by atoms with van der Waals surface area (Å²) in [5.74, 6) is 1.28. The van der Waals surface area contributed by atoms with Crippen molar-refractivity contribution in [1.29, 1.82) is 0 Å². The maximum absolute atomic E-state index is 13.8. The minimum absolute atomic E-state index is 0.0819. The van der Waals surface area contributed by atoms with Crippen LogP contribution in [0.25, 0.3) is 10.2 Å². The van der Waals surface area contributed by atoms with Crippen LogP contribution in [0.1, 0.15) is 10.4 Å². The zero-order valence-corrected chi connectivity index (χ0v) is 21.2. The smallest absolute Gasteiger partial charge is 0.260 e. The van der Waals surface area contributed by atoms with Crippen molar-refractivity contribution in [3.63, 3.8) is 0 Å². The van der Waals surface area contributed by atoms with Gasteiger partial charge in [0.1, 0.15) is 11.5 Å². The highest BCUT2D eigenvalue weighted by atomic mass is 32.2. The summed E-state index contributed by atoms with van der Waals surface area (Å²) in [6, 6.07) is 23.1. The summed E-state index contributed by atoms with van der Waals surface area (Å²) in [7, 11) is 0. The summed E-state index contributed by atoms with van der Waals surface area (Å²) in [5.41, 5.74) is 1.52. The minimum Gasteiger partial charge on any atom is -0.457 e. The Morgan fingerprint density at radius 1 is 1.06 bits per heavy atom. The van der Waals surface area contributed by atoms with E-state index in [1.165, 1.54) is 0 Å². The molecule has 0 unspecified atom stereocenters. The molecule has 8 heteroatoms. The second-order valence-electron chi connectivity index (χ2n) is 8.16. The third-order valence-electron chi connectivity index (χ3n) is 5.87. The first-order valence-corrected chi connectivity index (χ1v) is 13.6. The van der Waals surface area contributed by atoms with Gasteiger partial charge < -0.3 is 9.47 Å². The molecule has 0 saturated carbocycles. The van der Waals surface area contributed by atoms with Crippen LogP contribution in [0.5, 0.6) is 11.5 Å². The number of rotatable bonds is 8. The molecule has 5 rings (SSSR count).